The molecule has 0 saturated heterocycles. The maximum Gasteiger partial charge on any atom is 0.306 e. The van der Waals surface area contributed by atoms with Gasteiger partial charge in [0.25, 0.3) is 0 Å². The number of esters is 2. The van der Waals surface area contributed by atoms with Crippen LogP contribution in [0.3, 0.4) is 0 Å². The average Bonchev–Trinajstić information content (AvgIpc) is 3.40. The molecule has 0 heterocycles. The van der Waals surface area contributed by atoms with Gasteiger partial charge in [-0.25, -0.2) is 0 Å². The van der Waals surface area contributed by atoms with Crippen LogP contribution in [0.1, 0.15) is 232 Å². The number of carboxylic acids is 1. The van der Waals surface area contributed by atoms with Gasteiger partial charge in [0.1, 0.15) is 13.2 Å². The number of quaternary nitrogens is 1. The molecule has 0 aromatic heterocycles. The molecule has 0 aliphatic heterocycles. The van der Waals surface area contributed by atoms with E-state index in [1.165, 1.54) is 70.6 Å². The highest BCUT2D eigenvalue weighted by Gasteiger charge is 2.22. The Labute approximate surface area is 472 Å². The zero-order valence-electron chi connectivity index (χ0n) is 49.8. The summed E-state index contributed by atoms with van der Waals surface area (Å²) in [5.41, 5.74) is 0. The summed E-state index contributed by atoms with van der Waals surface area (Å²) in [7, 11) is 5.91. The Bertz CT molecular complexity index is 1670. The molecule has 9 nitrogen and oxygen atoms in total. The fourth-order valence-corrected chi connectivity index (χ4v) is 8.06. The third-order valence-corrected chi connectivity index (χ3v) is 12.7. The number of likely N-dealkylation sites (N-methyl/N-ethyl adjacent to an activating group) is 1. The summed E-state index contributed by atoms with van der Waals surface area (Å²) in [5, 5.41) is 11.8. The van der Waals surface area contributed by atoms with Crippen molar-refractivity contribution in [3.05, 3.63) is 122 Å². The fourth-order valence-electron chi connectivity index (χ4n) is 8.06. The third kappa shape index (κ3) is 59.2. The van der Waals surface area contributed by atoms with E-state index in [1.54, 1.807) is 0 Å². The molecule has 77 heavy (non-hydrogen) atoms. The molecule has 0 spiro atoms. The van der Waals surface area contributed by atoms with Crippen LogP contribution in [0.15, 0.2) is 122 Å². The number of carbonyl (C=O) groups is 3. The minimum absolute atomic E-state index is 0.139. The summed E-state index contributed by atoms with van der Waals surface area (Å²) in [6.45, 7) is 4.50. The average molecular weight is 1070 g/mol. The molecular formula is C68H113NO8. The van der Waals surface area contributed by atoms with Gasteiger partial charge in [-0.1, -0.05) is 238 Å². The maximum absolute atomic E-state index is 12.9. The lowest BCUT2D eigenvalue weighted by Crippen LogP contribution is -2.44. The maximum atomic E-state index is 12.9. The van der Waals surface area contributed by atoms with Gasteiger partial charge in [-0.15, -0.1) is 0 Å². The molecule has 0 saturated carbocycles. The lowest BCUT2D eigenvalue weighted by atomic mass is 10.0. The first-order valence-corrected chi connectivity index (χ1v) is 30.7. The van der Waals surface area contributed by atoms with Gasteiger partial charge >= 0.3 is 11.9 Å². The van der Waals surface area contributed by atoms with Gasteiger partial charge in [0.15, 0.2) is 12.4 Å². The summed E-state index contributed by atoms with van der Waals surface area (Å²) < 4.78 is 22.7. The second kappa shape index (κ2) is 57.9. The van der Waals surface area contributed by atoms with E-state index < -0.39 is 24.3 Å². The van der Waals surface area contributed by atoms with Crippen molar-refractivity contribution in [3.8, 4) is 0 Å². The van der Waals surface area contributed by atoms with E-state index in [0.29, 0.717) is 17.4 Å². The van der Waals surface area contributed by atoms with Crippen LogP contribution in [-0.4, -0.2) is 82.3 Å². The van der Waals surface area contributed by atoms with E-state index in [2.05, 4.69) is 135 Å². The van der Waals surface area contributed by atoms with E-state index in [9.17, 15) is 19.5 Å². The summed E-state index contributed by atoms with van der Waals surface area (Å²) >= 11 is 0. The number of nitrogens with zero attached hydrogens (tertiary/aromatic N) is 1. The molecule has 0 aliphatic carbocycles. The molecule has 0 amide bonds. The SMILES string of the molecule is CC/C=C\C/C=C\C/C=C\C/C=C\C/C=C\C/C=C\CCCCCCCCCCCCCCCCC(=O)OC(COC(=O)CCCCCCCC/C=C\C/C=C\C/C=C\C/C=C\CC)COC(OCC[N+](C)(C)C)C(=O)[O-]. The molecule has 0 rings (SSSR count). The normalized spacial score (nSPS) is 13.6. The Morgan fingerprint density at radius 2 is 0.701 bits per heavy atom. The predicted octanol–water partition coefficient (Wildman–Crippen LogP) is 17.1. The van der Waals surface area contributed by atoms with Crippen LogP contribution in [-0.2, 0) is 33.3 Å². The lowest BCUT2D eigenvalue weighted by Gasteiger charge is -2.26. The Hall–Kier alpha value is -4.31. The second-order valence-corrected chi connectivity index (χ2v) is 21.2. The standard InChI is InChI=1S/C68H113NO8/c1-6-8-10-12-14-16-18-20-22-24-26-27-28-29-30-31-32-33-34-35-36-37-38-39-41-43-45-47-49-51-53-55-57-59-66(71)77-64(63-76-68(67(72)73)74-61-60-69(3,4)5)62-75-65(70)58-56-54-52-50-48-46-44-42-40-25-23-21-19-17-15-13-11-9-7-2/h8-11,14-17,20-23,26-27,29-30,32-33,40,42,64,68H,6-7,12-13,18-19,24-25,28,31,34-39,41,43-63H2,1-5H3/b10-8-,11-9-,16-14-,17-15-,22-20-,23-21-,27-26-,30-29-,33-32-,42-40-. The van der Waals surface area contributed by atoms with Gasteiger partial charge in [-0.3, -0.25) is 9.59 Å². The van der Waals surface area contributed by atoms with Gasteiger partial charge in [0.05, 0.1) is 40.3 Å². The van der Waals surface area contributed by atoms with Crippen molar-refractivity contribution in [2.75, 3.05) is 47.5 Å². The number of rotatable bonds is 55. The van der Waals surface area contributed by atoms with Crippen LogP contribution in [0.2, 0.25) is 0 Å². The zero-order valence-corrected chi connectivity index (χ0v) is 49.8. The molecule has 2 unspecified atom stereocenters. The van der Waals surface area contributed by atoms with Crippen LogP contribution < -0.4 is 5.11 Å². The number of unbranched alkanes of at least 4 members (excludes halogenated alkanes) is 20. The van der Waals surface area contributed by atoms with Gasteiger partial charge in [0, 0.05) is 12.8 Å². The Balaban J connectivity index is 4.20. The molecule has 438 valence electrons. The first-order chi connectivity index (χ1) is 37.6. The highest BCUT2D eigenvalue weighted by Crippen LogP contribution is 2.16. The topological polar surface area (TPSA) is 111 Å². The number of carbonyl (C=O) groups excluding carboxylic acids is 3. The van der Waals surface area contributed by atoms with Crippen molar-refractivity contribution in [2.24, 2.45) is 0 Å². The molecule has 0 bridgehead atoms. The van der Waals surface area contributed by atoms with Crippen LogP contribution in [0, 0.1) is 0 Å². The van der Waals surface area contributed by atoms with E-state index in [4.69, 9.17) is 18.9 Å². The second-order valence-electron chi connectivity index (χ2n) is 21.2. The molecule has 9 heteroatoms. The van der Waals surface area contributed by atoms with Crippen molar-refractivity contribution in [3.63, 3.8) is 0 Å². The van der Waals surface area contributed by atoms with E-state index in [0.717, 1.165) is 128 Å². The number of aliphatic carboxylic acids is 1. The Kier molecular flexibility index (Phi) is 54.6. The Morgan fingerprint density at radius 1 is 0.390 bits per heavy atom. The quantitative estimate of drug-likeness (QED) is 0.0195. The number of carboxylic acid groups (broad SMARTS) is 1. The minimum atomic E-state index is -1.63. The van der Waals surface area contributed by atoms with E-state index >= 15 is 0 Å². The predicted molar refractivity (Wildman–Crippen MR) is 324 cm³/mol. The van der Waals surface area contributed by atoms with Gasteiger partial charge in [-0.05, 0) is 103 Å². The first kappa shape index (κ1) is 72.7. The minimum Gasteiger partial charge on any atom is -0.545 e. The van der Waals surface area contributed by atoms with E-state index in [-0.39, 0.29) is 38.6 Å². The summed E-state index contributed by atoms with van der Waals surface area (Å²) in [5.74, 6) is -2.31. The number of hydrogen-bond acceptors (Lipinski definition) is 8. The largest absolute Gasteiger partial charge is 0.545 e. The van der Waals surface area contributed by atoms with Crippen LogP contribution in [0.5, 0.6) is 0 Å². The monoisotopic (exact) mass is 1070 g/mol. The van der Waals surface area contributed by atoms with Crippen molar-refractivity contribution < 1.29 is 42.9 Å². The molecule has 0 aliphatic rings. The smallest absolute Gasteiger partial charge is 0.306 e. The number of allylic oxidation sites excluding steroid dienone is 20. The summed E-state index contributed by atoms with van der Waals surface area (Å²) in [4.78, 5) is 37.3. The fraction of sp³-hybridized carbons (Fsp3) is 0.662. The van der Waals surface area contributed by atoms with Crippen molar-refractivity contribution >= 4 is 17.9 Å². The van der Waals surface area contributed by atoms with Crippen molar-refractivity contribution in [1.29, 1.82) is 0 Å². The van der Waals surface area contributed by atoms with Crippen molar-refractivity contribution in [2.45, 2.75) is 245 Å². The van der Waals surface area contributed by atoms with Crippen molar-refractivity contribution in [1.82, 2.24) is 0 Å². The third-order valence-electron chi connectivity index (χ3n) is 12.7. The molecule has 0 aromatic carbocycles. The Morgan fingerprint density at radius 3 is 1.04 bits per heavy atom. The van der Waals surface area contributed by atoms with Crippen LogP contribution >= 0.6 is 0 Å². The molecule has 2 atom stereocenters. The lowest BCUT2D eigenvalue weighted by molar-refractivity contribution is -0.870. The van der Waals surface area contributed by atoms with Gasteiger partial charge in [0.2, 0.25) is 0 Å². The van der Waals surface area contributed by atoms with Gasteiger partial charge in [-0.2, -0.15) is 0 Å². The highest BCUT2D eigenvalue weighted by molar-refractivity contribution is 5.70. The summed E-state index contributed by atoms with van der Waals surface area (Å²) in [6, 6.07) is 0. The molecular weight excluding hydrogens is 959 g/mol. The number of ether oxygens (including phenoxy) is 4. The highest BCUT2D eigenvalue weighted by atomic mass is 16.7. The molecule has 0 fully saturated rings. The first-order valence-electron chi connectivity index (χ1n) is 30.7. The number of hydrogen-bond donors (Lipinski definition) is 0. The van der Waals surface area contributed by atoms with Crippen LogP contribution in [0.25, 0.3) is 0 Å². The summed E-state index contributed by atoms with van der Waals surface area (Å²) in [6.07, 6.45) is 78.2. The molecule has 0 radical (unpaired) electrons. The molecule has 0 N–H and O–H groups in total. The van der Waals surface area contributed by atoms with E-state index in [1.807, 2.05) is 21.1 Å². The van der Waals surface area contributed by atoms with Gasteiger partial charge < -0.3 is 33.3 Å². The zero-order chi connectivity index (χ0) is 56.2. The van der Waals surface area contributed by atoms with Crippen LogP contribution in [0.4, 0.5) is 0 Å². The molecule has 0 aromatic rings.